The Balaban J connectivity index is 1.96. The molecule has 6 heteroatoms. The maximum Gasteiger partial charge on any atom is 0.164 e. The monoisotopic (exact) mass is 221 g/mol. The molecule has 0 saturated carbocycles. The Bertz CT molecular complexity index is 448. The van der Waals surface area contributed by atoms with Gasteiger partial charge in [0.2, 0.25) is 0 Å². The molecule has 0 N–H and O–H groups in total. The van der Waals surface area contributed by atoms with Crippen molar-refractivity contribution in [3.05, 3.63) is 24.5 Å². The van der Waals surface area contributed by atoms with Gasteiger partial charge in [-0.15, -0.1) is 0 Å². The molecule has 2 aromatic rings. The van der Waals surface area contributed by atoms with Gasteiger partial charge in [0.05, 0.1) is 12.4 Å². The summed E-state index contributed by atoms with van der Waals surface area (Å²) in [4.78, 5) is 4.13. The highest BCUT2D eigenvalue weighted by Gasteiger charge is 2.04. The summed E-state index contributed by atoms with van der Waals surface area (Å²) in [5, 5.41) is 8.20. The molecule has 0 saturated heterocycles. The van der Waals surface area contributed by atoms with Crippen LogP contribution in [0.5, 0.6) is 5.75 Å². The average molecular weight is 221 g/mol. The molecule has 0 bridgehead atoms. The van der Waals surface area contributed by atoms with Crippen LogP contribution in [0.1, 0.15) is 19.7 Å². The third-order valence-electron chi connectivity index (χ3n) is 2.30. The lowest BCUT2D eigenvalue weighted by molar-refractivity contribution is 0.287. The average Bonchev–Trinajstić information content (AvgIpc) is 2.94. The SMILES string of the molecule is CCn1cc(OCc2ncnn2CC)cn1. The number of aromatic nitrogens is 5. The van der Waals surface area contributed by atoms with Crippen molar-refractivity contribution in [3.63, 3.8) is 0 Å². The third kappa shape index (κ3) is 2.21. The zero-order valence-corrected chi connectivity index (χ0v) is 9.50. The molecule has 0 aliphatic heterocycles. The van der Waals surface area contributed by atoms with Gasteiger partial charge in [-0.2, -0.15) is 10.2 Å². The quantitative estimate of drug-likeness (QED) is 0.758. The first-order chi connectivity index (χ1) is 7.83. The van der Waals surface area contributed by atoms with E-state index in [1.165, 1.54) is 6.33 Å². The van der Waals surface area contributed by atoms with Crippen LogP contribution in [0.25, 0.3) is 0 Å². The van der Waals surface area contributed by atoms with Crippen molar-refractivity contribution < 1.29 is 4.74 Å². The normalized spacial score (nSPS) is 10.6. The molecule has 16 heavy (non-hydrogen) atoms. The van der Waals surface area contributed by atoms with E-state index in [2.05, 4.69) is 15.2 Å². The minimum atomic E-state index is 0.420. The molecule has 2 heterocycles. The second kappa shape index (κ2) is 4.78. The van der Waals surface area contributed by atoms with E-state index in [0.717, 1.165) is 24.7 Å². The van der Waals surface area contributed by atoms with E-state index in [1.54, 1.807) is 6.20 Å². The summed E-state index contributed by atoms with van der Waals surface area (Å²) >= 11 is 0. The number of hydrogen-bond acceptors (Lipinski definition) is 4. The van der Waals surface area contributed by atoms with Gasteiger partial charge in [-0.05, 0) is 13.8 Å². The molecule has 0 aliphatic rings. The largest absolute Gasteiger partial charge is 0.482 e. The van der Waals surface area contributed by atoms with E-state index in [1.807, 2.05) is 29.4 Å². The summed E-state index contributed by atoms with van der Waals surface area (Å²) in [5.41, 5.74) is 0. The van der Waals surface area contributed by atoms with Crippen LogP contribution in [0.4, 0.5) is 0 Å². The van der Waals surface area contributed by atoms with Gasteiger partial charge in [-0.1, -0.05) is 0 Å². The fraction of sp³-hybridized carbons (Fsp3) is 0.500. The molecule has 0 fully saturated rings. The molecule has 0 amide bonds. The fourth-order valence-electron chi connectivity index (χ4n) is 1.40. The van der Waals surface area contributed by atoms with Crippen molar-refractivity contribution >= 4 is 0 Å². The lowest BCUT2D eigenvalue weighted by atomic mass is 10.6. The molecule has 0 aromatic carbocycles. The Morgan fingerprint density at radius 2 is 2.12 bits per heavy atom. The molecule has 6 nitrogen and oxygen atoms in total. The predicted molar refractivity (Wildman–Crippen MR) is 57.9 cm³/mol. The maximum atomic E-state index is 5.57. The van der Waals surface area contributed by atoms with Crippen molar-refractivity contribution in [1.82, 2.24) is 24.5 Å². The third-order valence-corrected chi connectivity index (χ3v) is 2.30. The molecule has 0 radical (unpaired) electrons. The highest BCUT2D eigenvalue weighted by atomic mass is 16.5. The van der Waals surface area contributed by atoms with Gasteiger partial charge < -0.3 is 4.74 Å². The highest BCUT2D eigenvalue weighted by Crippen LogP contribution is 2.10. The van der Waals surface area contributed by atoms with Crippen molar-refractivity contribution in [1.29, 1.82) is 0 Å². The zero-order chi connectivity index (χ0) is 11.4. The van der Waals surface area contributed by atoms with Gasteiger partial charge >= 0.3 is 0 Å². The van der Waals surface area contributed by atoms with Crippen LogP contribution >= 0.6 is 0 Å². The van der Waals surface area contributed by atoms with Crippen LogP contribution in [-0.2, 0) is 19.7 Å². The maximum absolute atomic E-state index is 5.57. The Morgan fingerprint density at radius 1 is 1.25 bits per heavy atom. The first kappa shape index (κ1) is 10.7. The van der Waals surface area contributed by atoms with Crippen molar-refractivity contribution in [2.45, 2.75) is 33.5 Å². The van der Waals surface area contributed by atoms with E-state index in [9.17, 15) is 0 Å². The molecule has 86 valence electrons. The van der Waals surface area contributed by atoms with E-state index in [-0.39, 0.29) is 0 Å². The summed E-state index contributed by atoms with van der Waals surface area (Å²) in [5.74, 6) is 1.58. The number of ether oxygens (including phenoxy) is 1. The predicted octanol–water partition coefficient (Wildman–Crippen LogP) is 1.09. The Morgan fingerprint density at radius 3 is 2.81 bits per heavy atom. The Kier molecular flexibility index (Phi) is 3.19. The van der Waals surface area contributed by atoms with E-state index < -0.39 is 0 Å². The summed E-state index contributed by atoms with van der Waals surface area (Å²) in [6, 6.07) is 0. The van der Waals surface area contributed by atoms with Crippen LogP contribution in [0.2, 0.25) is 0 Å². The lowest BCUT2D eigenvalue weighted by Crippen LogP contribution is -2.07. The molecule has 0 unspecified atom stereocenters. The first-order valence-corrected chi connectivity index (χ1v) is 5.35. The number of rotatable bonds is 5. The Labute approximate surface area is 93.9 Å². The zero-order valence-electron chi connectivity index (χ0n) is 9.50. The summed E-state index contributed by atoms with van der Waals surface area (Å²) in [6.45, 7) is 6.11. The molecule has 2 rings (SSSR count). The molecular weight excluding hydrogens is 206 g/mol. The second-order valence-corrected chi connectivity index (χ2v) is 3.31. The summed E-state index contributed by atoms with van der Waals surface area (Å²) in [7, 11) is 0. The minimum absolute atomic E-state index is 0.420. The van der Waals surface area contributed by atoms with Gasteiger partial charge in [-0.25, -0.2) is 9.67 Å². The van der Waals surface area contributed by atoms with E-state index in [0.29, 0.717) is 6.61 Å². The van der Waals surface area contributed by atoms with Crippen molar-refractivity contribution in [2.75, 3.05) is 0 Å². The van der Waals surface area contributed by atoms with Gasteiger partial charge in [0, 0.05) is 13.1 Å². The van der Waals surface area contributed by atoms with Gasteiger partial charge in [0.25, 0.3) is 0 Å². The minimum Gasteiger partial charge on any atom is -0.482 e. The molecular formula is C10H15N5O. The van der Waals surface area contributed by atoms with Gasteiger partial charge in [0.1, 0.15) is 12.9 Å². The van der Waals surface area contributed by atoms with Crippen LogP contribution < -0.4 is 4.74 Å². The van der Waals surface area contributed by atoms with Crippen LogP contribution in [0.15, 0.2) is 18.7 Å². The lowest BCUT2D eigenvalue weighted by Gasteiger charge is -2.03. The van der Waals surface area contributed by atoms with Crippen LogP contribution in [0.3, 0.4) is 0 Å². The molecule has 0 aliphatic carbocycles. The van der Waals surface area contributed by atoms with Crippen LogP contribution in [0, 0.1) is 0 Å². The van der Waals surface area contributed by atoms with Crippen molar-refractivity contribution in [2.24, 2.45) is 0 Å². The number of nitrogens with zero attached hydrogens (tertiary/aromatic N) is 5. The van der Waals surface area contributed by atoms with E-state index >= 15 is 0 Å². The topological polar surface area (TPSA) is 57.8 Å². The second-order valence-electron chi connectivity index (χ2n) is 3.31. The van der Waals surface area contributed by atoms with Crippen LogP contribution in [-0.4, -0.2) is 24.5 Å². The van der Waals surface area contributed by atoms with E-state index in [4.69, 9.17) is 4.74 Å². The number of hydrogen-bond donors (Lipinski definition) is 0. The molecule has 0 spiro atoms. The Hall–Kier alpha value is -1.85. The molecule has 0 atom stereocenters. The van der Waals surface area contributed by atoms with Gasteiger partial charge in [-0.3, -0.25) is 4.68 Å². The fourth-order valence-corrected chi connectivity index (χ4v) is 1.40. The molecule has 2 aromatic heterocycles. The number of aryl methyl sites for hydroxylation is 2. The van der Waals surface area contributed by atoms with Gasteiger partial charge in [0.15, 0.2) is 11.6 Å². The summed E-state index contributed by atoms with van der Waals surface area (Å²) in [6.07, 6.45) is 5.11. The standard InChI is InChI=1S/C10H15N5O/c1-3-14-6-9(5-12-14)16-7-10-11-8-13-15(10)4-2/h5-6,8H,3-4,7H2,1-2H3. The smallest absolute Gasteiger partial charge is 0.164 e. The first-order valence-electron chi connectivity index (χ1n) is 5.35. The highest BCUT2D eigenvalue weighted by molar-refractivity contribution is 5.11. The van der Waals surface area contributed by atoms with Crippen molar-refractivity contribution in [3.8, 4) is 5.75 Å². The summed E-state index contributed by atoms with van der Waals surface area (Å²) < 4.78 is 9.20.